The standard InChI is InChI=1S/C7H6N2O2S.C2H7NO/c10-2-5-1-7(11-9-5)6-3-12-4-8-6;3-1-2-4/h1,3-4,10H,2H2;4H,1-3H2. The van der Waals surface area contributed by atoms with Gasteiger partial charge < -0.3 is 20.5 Å². The van der Waals surface area contributed by atoms with Gasteiger partial charge in [-0.15, -0.1) is 11.3 Å². The van der Waals surface area contributed by atoms with Crippen molar-refractivity contribution < 1.29 is 14.7 Å². The molecule has 7 heteroatoms. The zero-order chi connectivity index (χ0) is 11.8. The van der Waals surface area contributed by atoms with E-state index < -0.39 is 0 Å². The summed E-state index contributed by atoms with van der Waals surface area (Å²) in [5.74, 6) is 0.598. The molecule has 4 N–H and O–H groups in total. The number of hydrogen-bond acceptors (Lipinski definition) is 7. The Morgan fingerprint density at radius 2 is 2.19 bits per heavy atom. The van der Waals surface area contributed by atoms with Crippen LogP contribution in [0.4, 0.5) is 0 Å². The summed E-state index contributed by atoms with van der Waals surface area (Å²) in [5.41, 5.74) is 7.78. The lowest BCUT2D eigenvalue weighted by atomic mass is 10.3. The molecule has 0 aliphatic heterocycles. The fourth-order valence-electron chi connectivity index (χ4n) is 0.841. The Bertz CT molecular complexity index is 386. The molecule has 0 amide bonds. The van der Waals surface area contributed by atoms with E-state index in [0.29, 0.717) is 18.0 Å². The molecule has 0 aromatic carbocycles. The van der Waals surface area contributed by atoms with Gasteiger partial charge in [-0.2, -0.15) is 0 Å². The van der Waals surface area contributed by atoms with Gasteiger partial charge in [0, 0.05) is 18.0 Å². The fourth-order valence-corrected chi connectivity index (χ4v) is 1.38. The van der Waals surface area contributed by atoms with Crippen molar-refractivity contribution in [2.24, 2.45) is 5.73 Å². The number of aliphatic hydroxyl groups excluding tert-OH is 2. The number of hydrogen-bond donors (Lipinski definition) is 3. The Balaban J connectivity index is 0.000000280. The van der Waals surface area contributed by atoms with Gasteiger partial charge in [-0.25, -0.2) is 4.98 Å². The summed E-state index contributed by atoms with van der Waals surface area (Å²) in [6.45, 7) is 0.369. The molecule has 0 fully saturated rings. The van der Waals surface area contributed by atoms with Crippen molar-refractivity contribution in [3.05, 3.63) is 22.7 Å². The number of aliphatic hydroxyl groups is 2. The first-order valence-corrected chi connectivity index (χ1v) is 5.52. The first-order chi connectivity index (χ1) is 7.81. The maximum atomic E-state index is 8.71. The summed E-state index contributed by atoms with van der Waals surface area (Å²) < 4.78 is 4.93. The highest BCUT2D eigenvalue weighted by Gasteiger charge is 2.06. The van der Waals surface area contributed by atoms with Crippen molar-refractivity contribution in [1.82, 2.24) is 10.1 Å². The number of nitrogens with zero attached hydrogens (tertiary/aromatic N) is 2. The first kappa shape index (κ1) is 12.8. The smallest absolute Gasteiger partial charge is 0.186 e. The molecular weight excluding hydrogens is 230 g/mol. The highest BCUT2D eigenvalue weighted by Crippen LogP contribution is 2.19. The van der Waals surface area contributed by atoms with Gasteiger partial charge in [0.1, 0.15) is 11.4 Å². The Morgan fingerprint density at radius 3 is 2.62 bits per heavy atom. The third-order valence-electron chi connectivity index (χ3n) is 1.53. The van der Waals surface area contributed by atoms with Crippen LogP contribution in [0.3, 0.4) is 0 Å². The molecule has 0 atom stereocenters. The summed E-state index contributed by atoms with van der Waals surface area (Å²) in [7, 11) is 0. The summed E-state index contributed by atoms with van der Waals surface area (Å²) >= 11 is 1.49. The van der Waals surface area contributed by atoms with Crippen molar-refractivity contribution in [3.63, 3.8) is 0 Å². The largest absolute Gasteiger partial charge is 0.395 e. The Labute approximate surface area is 96.3 Å². The van der Waals surface area contributed by atoms with E-state index in [1.165, 1.54) is 11.3 Å². The van der Waals surface area contributed by atoms with Crippen LogP contribution in [0.15, 0.2) is 21.5 Å². The molecule has 2 heterocycles. The van der Waals surface area contributed by atoms with Crippen molar-refractivity contribution in [2.75, 3.05) is 13.2 Å². The van der Waals surface area contributed by atoms with E-state index in [2.05, 4.69) is 10.1 Å². The van der Waals surface area contributed by atoms with Gasteiger partial charge in [0.25, 0.3) is 0 Å². The van der Waals surface area contributed by atoms with E-state index >= 15 is 0 Å². The van der Waals surface area contributed by atoms with E-state index in [4.69, 9.17) is 20.5 Å². The summed E-state index contributed by atoms with van der Waals surface area (Å²) in [5, 5.41) is 22.0. The molecule has 16 heavy (non-hydrogen) atoms. The second-order valence-corrected chi connectivity index (χ2v) is 3.45. The highest BCUT2D eigenvalue weighted by molar-refractivity contribution is 7.07. The lowest BCUT2D eigenvalue weighted by Gasteiger charge is -1.81. The summed E-state index contributed by atoms with van der Waals surface area (Å²) in [4.78, 5) is 4.04. The van der Waals surface area contributed by atoms with Crippen LogP contribution in [-0.4, -0.2) is 33.5 Å². The van der Waals surface area contributed by atoms with E-state index in [-0.39, 0.29) is 13.2 Å². The minimum Gasteiger partial charge on any atom is -0.395 e. The van der Waals surface area contributed by atoms with Crippen molar-refractivity contribution in [1.29, 1.82) is 0 Å². The molecule has 0 saturated carbocycles. The first-order valence-electron chi connectivity index (χ1n) is 4.57. The predicted octanol–water partition coefficient (Wildman–Crippen LogP) is 0.228. The third-order valence-corrected chi connectivity index (χ3v) is 2.12. The molecule has 0 saturated heterocycles. The van der Waals surface area contributed by atoms with Gasteiger partial charge in [0.15, 0.2) is 5.76 Å². The topological polar surface area (TPSA) is 105 Å². The molecule has 6 nitrogen and oxygen atoms in total. The maximum Gasteiger partial charge on any atom is 0.186 e. The van der Waals surface area contributed by atoms with Crippen molar-refractivity contribution >= 4 is 11.3 Å². The van der Waals surface area contributed by atoms with Gasteiger partial charge in [-0.3, -0.25) is 0 Å². The monoisotopic (exact) mass is 243 g/mol. The molecule has 0 spiro atoms. The number of nitrogens with two attached hydrogens (primary N) is 1. The lowest BCUT2D eigenvalue weighted by molar-refractivity contribution is 0.267. The van der Waals surface area contributed by atoms with Crippen molar-refractivity contribution in [2.45, 2.75) is 6.61 Å². The zero-order valence-electron chi connectivity index (χ0n) is 8.54. The van der Waals surface area contributed by atoms with Crippen LogP contribution in [-0.2, 0) is 6.61 Å². The molecule has 0 aliphatic carbocycles. The van der Waals surface area contributed by atoms with Gasteiger partial charge in [-0.1, -0.05) is 5.16 Å². The minimum absolute atomic E-state index is 0.0972. The van der Waals surface area contributed by atoms with E-state index in [1.807, 2.05) is 5.38 Å². The molecular formula is C9H13N3O3S. The third kappa shape index (κ3) is 3.70. The average molecular weight is 243 g/mol. The van der Waals surface area contributed by atoms with Gasteiger partial charge in [-0.05, 0) is 0 Å². The van der Waals surface area contributed by atoms with Crippen LogP contribution in [0.1, 0.15) is 5.69 Å². The van der Waals surface area contributed by atoms with Gasteiger partial charge >= 0.3 is 0 Å². The molecule has 0 unspecified atom stereocenters. The minimum atomic E-state index is -0.104. The van der Waals surface area contributed by atoms with Gasteiger partial charge in [0.05, 0.1) is 18.7 Å². The van der Waals surface area contributed by atoms with Crippen LogP contribution < -0.4 is 5.73 Å². The average Bonchev–Trinajstić information content (AvgIpc) is 2.99. The van der Waals surface area contributed by atoms with Gasteiger partial charge in [0.2, 0.25) is 0 Å². The van der Waals surface area contributed by atoms with Crippen molar-refractivity contribution in [3.8, 4) is 11.5 Å². The number of thiazole rings is 1. The second-order valence-electron chi connectivity index (χ2n) is 2.73. The molecule has 0 radical (unpaired) electrons. The Morgan fingerprint density at radius 1 is 1.44 bits per heavy atom. The Hall–Kier alpha value is -1.28. The fraction of sp³-hybridized carbons (Fsp3) is 0.333. The number of rotatable bonds is 3. The van der Waals surface area contributed by atoms with E-state index in [1.54, 1.807) is 11.6 Å². The van der Waals surface area contributed by atoms with Crippen LogP contribution in [0.5, 0.6) is 0 Å². The van der Waals surface area contributed by atoms with E-state index in [9.17, 15) is 0 Å². The Kier molecular flexibility index (Phi) is 5.65. The lowest BCUT2D eigenvalue weighted by Crippen LogP contribution is -2.02. The van der Waals surface area contributed by atoms with E-state index in [0.717, 1.165) is 5.69 Å². The maximum absolute atomic E-state index is 8.71. The SMILES string of the molecule is NCCO.OCc1cc(-c2cscn2)on1. The quantitative estimate of drug-likeness (QED) is 0.712. The summed E-state index contributed by atoms with van der Waals surface area (Å²) in [6, 6.07) is 1.68. The zero-order valence-corrected chi connectivity index (χ0v) is 9.35. The summed E-state index contributed by atoms with van der Waals surface area (Å²) in [6.07, 6.45) is 0. The van der Waals surface area contributed by atoms with Crippen LogP contribution >= 0.6 is 11.3 Å². The highest BCUT2D eigenvalue weighted by atomic mass is 32.1. The second kappa shape index (κ2) is 7.07. The molecule has 2 rings (SSSR count). The molecule has 2 aromatic rings. The predicted molar refractivity (Wildman–Crippen MR) is 59.7 cm³/mol. The van der Waals surface area contributed by atoms with Crippen LogP contribution in [0, 0.1) is 0 Å². The number of aromatic nitrogens is 2. The molecule has 0 bridgehead atoms. The molecule has 2 aromatic heterocycles. The normalized spacial score (nSPS) is 9.69. The molecule has 0 aliphatic rings. The van der Waals surface area contributed by atoms with Crippen LogP contribution in [0.2, 0.25) is 0 Å². The molecule has 88 valence electrons. The van der Waals surface area contributed by atoms with Crippen LogP contribution in [0.25, 0.3) is 11.5 Å².